The van der Waals surface area contributed by atoms with Crippen LogP contribution in [0.3, 0.4) is 0 Å². The molecule has 1 aromatic rings. The summed E-state index contributed by atoms with van der Waals surface area (Å²) in [6.45, 7) is 3.54. The molecule has 1 aromatic carbocycles. The van der Waals surface area contributed by atoms with Gasteiger partial charge in [0.15, 0.2) is 0 Å². The van der Waals surface area contributed by atoms with Crippen molar-refractivity contribution in [3.63, 3.8) is 0 Å². The standard InChI is InChI=1S/C21H30N2O3/c1-15-11-21(14-25-13-20(24)23-21)19(22-15)12-26-18-9-7-17(8-10-18)16-5-3-2-4-6-16/h2-6,15,17-19,22H,7-14H2,1H3,(H,23,24)/t15-,17-,18+,19+,21-/m1/s1. The van der Waals surface area contributed by atoms with Gasteiger partial charge in [0.2, 0.25) is 5.91 Å². The fraction of sp³-hybridized carbons (Fsp3) is 0.667. The van der Waals surface area contributed by atoms with Crippen LogP contribution in [-0.2, 0) is 14.3 Å². The molecule has 1 spiro atoms. The average Bonchev–Trinajstić information content (AvgIpc) is 2.95. The third kappa shape index (κ3) is 3.80. The van der Waals surface area contributed by atoms with Gasteiger partial charge in [-0.3, -0.25) is 4.79 Å². The smallest absolute Gasteiger partial charge is 0.246 e. The number of amides is 1. The molecule has 5 heteroatoms. The molecule has 3 fully saturated rings. The van der Waals surface area contributed by atoms with Crippen molar-refractivity contribution in [3.8, 4) is 0 Å². The van der Waals surface area contributed by atoms with Gasteiger partial charge < -0.3 is 20.1 Å². The molecule has 142 valence electrons. The van der Waals surface area contributed by atoms with E-state index >= 15 is 0 Å². The molecule has 2 N–H and O–H groups in total. The highest BCUT2D eigenvalue weighted by atomic mass is 16.5. The van der Waals surface area contributed by atoms with Crippen LogP contribution in [0.5, 0.6) is 0 Å². The first-order chi connectivity index (χ1) is 12.6. The molecule has 2 saturated heterocycles. The average molecular weight is 358 g/mol. The molecule has 5 nitrogen and oxygen atoms in total. The van der Waals surface area contributed by atoms with Gasteiger partial charge in [-0.1, -0.05) is 30.3 Å². The van der Waals surface area contributed by atoms with Crippen LogP contribution in [0.15, 0.2) is 30.3 Å². The van der Waals surface area contributed by atoms with E-state index in [0.717, 1.165) is 19.3 Å². The highest BCUT2D eigenvalue weighted by Crippen LogP contribution is 2.35. The maximum Gasteiger partial charge on any atom is 0.246 e. The molecular weight excluding hydrogens is 328 g/mol. The second-order valence-electron chi connectivity index (χ2n) is 8.24. The summed E-state index contributed by atoms with van der Waals surface area (Å²) in [7, 11) is 0. The van der Waals surface area contributed by atoms with Crippen molar-refractivity contribution in [3.05, 3.63) is 35.9 Å². The zero-order chi connectivity index (χ0) is 18.0. The first-order valence-corrected chi connectivity index (χ1v) is 9.96. The lowest BCUT2D eigenvalue weighted by molar-refractivity contribution is -0.136. The number of rotatable bonds is 4. The quantitative estimate of drug-likeness (QED) is 0.868. The minimum absolute atomic E-state index is 0.0134. The molecule has 0 bridgehead atoms. The van der Waals surface area contributed by atoms with Gasteiger partial charge in [0.25, 0.3) is 0 Å². The van der Waals surface area contributed by atoms with Crippen molar-refractivity contribution < 1.29 is 14.3 Å². The number of hydrogen-bond acceptors (Lipinski definition) is 4. The van der Waals surface area contributed by atoms with E-state index in [2.05, 4.69) is 47.9 Å². The van der Waals surface area contributed by atoms with Crippen LogP contribution in [0.2, 0.25) is 0 Å². The molecule has 2 heterocycles. The van der Waals surface area contributed by atoms with Gasteiger partial charge in [-0.15, -0.1) is 0 Å². The second-order valence-corrected chi connectivity index (χ2v) is 8.24. The molecular formula is C21H30N2O3. The molecule has 2 aliphatic heterocycles. The molecule has 1 aliphatic carbocycles. The maximum atomic E-state index is 11.8. The van der Waals surface area contributed by atoms with Crippen LogP contribution in [0.25, 0.3) is 0 Å². The van der Waals surface area contributed by atoms with E-state index in [0.29, 0.717) is 31.3 Å². The first kappa shape index (κ1) is 18.0. The summed E-state index contributed by atoms with van der Waals surface area (Å²) < 4.78 is 11.8. The fourth-order valence-corrected chi connectivity index (χ4v) is 4.95. The van der Waals surface area contributed by atoms with Crippen LogP contribution < -0.4 is 10.6 Å². The highest BCUT2D eigenvalue weighted by Gasteiger charge is 2.49. The zero-order valence-corrected chi connectivity index (χ0v) is 15.6. The van der Waals surface area contributed by atoms with Gasteiger partial charge in [-0.25, -0.2) is 0 Å². The molecule has 26 heavy (non-hydrogen) atoms. The van der Waals surface area contributed by atoms with Crippen LogP contribution in [0, 0.1) is 0 Å². The lowest BCUT2D eigenvalue weighted by Gasteiger charge is -2.39. The Morgan fingerprint density at radius 3 is 2.69 bits per heavy atom. The molecule has 4 rings (SSSR count). The summed E-state index contributed by atoms with van der Waals surface area (Å²) in [5.41, 5.74) is 1.15. The Balaban J connectivity index is 1.29. The predicted octanol–water partition coefficient (Wildman–Crippen LogP) is 2.36. The number of carbonyl (C=O) groups excluding carboxylic acids is 1. The SMILES string of the molecule is C[C@@H]1C[C@@]2(COCC(=O)N2)[C@H](CO[C@H]2CC[C@@H](c3ccccc3)CC2)N1. The van der Waals surface area contributed by atoms with Gasteiger partial charge in [-0.2, -0.15) is 0 Å². The van der Waals surface area contributed by atoms with Gasteiger partial charge in [0.1, 0.15) is 6.61 Å². The third-order valence-corrected chi connectivity index (χ3v) is 6.25. The van der Waals surface area contributed by atoms with E-state index in [9.17, 15) is 4.79 Å². The topological polar surface area (TPSA) is 59.6 Å². The van der Waals surface area contributed by atoms with Crippen molar-refractivity contribution in [2.75, 3.05) is 19.8 Å². The minimum atomic E-state index is -0.310. The summed E-state index contributed by atoms with van der Waals surface area (Å²) in [4.78, 5) is 11.8. The van der Waals surface area contributed by atoms with E-state index in [1.54, 1.807) is 0 Å². The third-order valence-electron chi connectivity index (χ3n) is 6.25. The number of morpholine rings is 1. The van der Waals surface area contributed by atoms with E-state index < -0.39 is 0 Å². The summed E-state index contributed by atoms with van der Waals surface area (Å²) in [5, 5.41) is 6.77. The summed E-state index contributed by atoms with van der Waals surface area (Å²) >= 11 is 0. The van der Waals surface area contributed by atoms with E-state index in [-0.39, 0.29) is 24.1 Å². The molecule has 3 atom stereocenters. The fourth-order valence-electron chi connectivity index (χ4n) is 4.95. The van der Waals surface area contributed by atoms with E-state index in [1.165, 1.54) is 18.4 Å². The molecule has 1 saturated carbocycles. The zero-order valence-electron chi connectivity index (χ0n) is 15.6. The van der Waals surface area contributed by atoms with Crippen LogP contribution >= 0.6 is 0 Å². The molecule has 0 unspecified atom stereocenters. The Morgan fingerprint density at radius 2 is 1.96 bits per heavy atom. The van der Waals surface area contributed by atoms with E-state index in [4.69, 9.17) is 9.47 Å². The summed E-state index contributed by atoms with van der Waals surface area (Å²) in [6, 6.07) is 11.3. The van der Waals surface area contributed by atoms with Crippen molar-refractivity contribution in [2.24, 2.45) is 0 Å². The van der Waals surface area contributed by atoms with Gasteiger partial charge in [0.05, 0.1) is 30.9 Å². The predicted molar refractivity (Wildman–Crippen MR) is 100 cm³/mol. The summed E-state index contributed by atoms with van der Waals surface area (Å²) in [6.07, 6.45) is 5.82. The van der Waals surface area contributed by atoms with Crippen LogP contribution in [0.4, 0.5) is 0 Å². The monoisotopic (exact) mass is 358 g/mol. The molecule has 0 aromatic heterocycles. The van der Waals surface area contributed by atoms with Crippen molar-refractivity contribution in [2.45, 2.75) is 68.7 Å². The Kier molecular flexibility index (Phi) is 5.30. The number of nitrogens with one attached hydrogen (secondary N) is 2. The minimum Gasteiger partial charge on any atom is -0.377 e. The van der Waals surface area contributed by atoms with Crippen molar-refractivity contribution >= 4 is 5.91 Å². The Labute approximate surface area is 155 Å². The van der Waals surface area contributed by atoms with Crippen molar-refractivity contribution in [1.29, 1.82) is 0 Å². The van der Waals surface area contributed by atoms with Crippen LogP contribution in [0.1, 0.15) is 50.5 Å². The van der Waals surface area contributed by atoms with Crippen molar-refractivity contribution in [1.82, 2.24) is 10.6 Å². The van der Waals surface area contributed by atoms with Crippen LogP contribution in [-0.4, -0.2) is 49.5 Å². The number of benzene rings is 1. The Morgan fingerprint density at radius 1 is 1.19 bits per heavy atom. The van der Waals surface area contributed by atoms with Gasteiger partial charge in [-0.05, 0) is 50.5 Å². The normalized spacial score (nSPS) is 37.7. The highest BCUT2D eigenvalue weighted by molar-refractivity contribution is 5.79. The van der Waals surface area contributed by atoms with Gasteiger partial charge >= 0.3 is 0 Å². The summed E-state index contributed by atoms with van der Waals surface area (Å²) in [5.74, 6) is 0.651. The van der Waals surface area contributed by atoms with E-state index in [1.807, 2.05) is 0 Å². The second kappa shape index (κ2) is 7.67. The Hall–Kier alpha value is -1.43. The maximum absolute atomic E-state index is 11.8. The largest absolute Gasteiger partial charge is 0.377 e. The number of ether oxygens (including phenoxy) is 2. The lowest BCUT2D eigenvalue weighted by atomic mass is 9.82. The molecule has 1 amide bonds. The molecule has 3 aliphatic rings. The molecule has 0 radical (unpaired) electrons. The van der Waals surface area contributed by atoms with Gasteiger partial charge in [0, 0.05) is 6.04 Å². The first-order valence-electron chi connectivity index (χ1n) is 9.96. The Bertz CT molecular complexity index is 615. The number of hydrogen-bond donors (Lipinski definition) is 2. The lowest BCUT2D eigenvalue weighted by Crippen LogP contribution is -2.64. The number of carbonyl (C=O) groups is 1.